The number of rotatable bonds is 2. The first-order chi connectivity index (χ1) is 13.1. The maximum atomic E-state index is 14.3. The minimum atomic E-state index is -0.312. The molecule has 0 bridgehead atoms. The van der Waals surface area contributed by atoms with Crippen molar-refractivity contribution in [1.82, 2.24) is 14.9 Å². The van der Waals surface area contributed by atoms with Crippen LogP contribution in [0.25, 0.3) is 10.9 Å². The Hall–Kier alpha value is -2.14. The van der Waals surface area contributed by atoms with Gasteiger partial charge < -0.3 is 9.88 Å². The fourth-order valence-corrected chi connectivity index (χ4v) is 4.95. The van der Waals surface area contributed by atoms with Crippen LogP contribution in [0.2, 0.25) is 0 Å². The number of benzene rings is 1. The summed E-state index contributed by atoms with van der Waals surface area (Å²) in [4.78, 5) is 10.4. The van der Waals surface area contributed by atoms with Gasteiger partial charge in [-0.15, -0.1) is 0 Å². The molecule has 1 atom stereocenters. The number of aromatic amines is 1. The normalized spacial score (nSPS) is 19.8. The van der Waals surface area contributed by atoms with Crippen LogP contribution in [0.4, 0.5) is 4.39 Å². The summed E-state index contributed by atoms with van der Waals surface area (Å²) in [7, 11) is 0. The molecule has 0 saturated carbocycles. The summed E-state index contributed by atoms with van der Waals surface area (Å²) in [5, 5.41) is 1.28. The van der Waals surface area contributed by atoms with E-state index in [2.05, 4.69) is 62.0 Å². The monoisotopic (exact) mass is 425 g/mol. The Morgan fingerprint density at radius 3 is 2.85 bits per heavy atom. The van der Waals surface area contributed by atoms with E-state index in [0.717, 1.165) is 36.9 Å². The second-order valence-corrected chi connectivity index (χ2v) is 8.28. The van der Waals surface area contributed by atoms with Crippen LogP contribution in [0.1, 0.15) is 49.0 Å². The van der Waals surface area contributed by atoms with Crippen LogP contribution in [0.3, 0.4) is 0 Å². The summed E-state index contributed by atoms with van der Waals surface area (Å²) in [6.07, 6.45) is 6.27. The van der Waals surface area contributed by atoms with Crippen molar-refractivity contribution in [1.29, 1.82) is 0 Å². The quantitative estimate of drug-likeness (QED) is 0.520. The highest BCUT2D eigenvalue weighted by Gasteiger charge is 2.34. The van der Waals surface area contributed by atoms with Crippen LogP contribution in [0.5, 0.6) is 0 Å². The number of allylic oxidation sites excluding steroid dienone is 2. The summed E-state index contributed by atoms with van der Waals surface area (Å²) < 4.78 is 14.6. The van der Waals surface area contributed by atoms with E-state index in [-0.39, 0.29) is 16.5 Å². The van der Waals surface area contributed by atoms with E-state index in [1.165, 1.54) is 34.3 Å². The highest BCUT2D eigenvalue weighted by molar-refractivity contribution is 9.10. The average molecular weight is 426 g/mol. The van der Waals surface area contributed by atoms with Crippen molar-refractivity contribution in [2.45, 2.75) is 38.6 Å². The van der Waals surface area contributed by atoms with Crippen LogP contribution < -0.4 is 0 Å². The van der Waals surface area contributed by atoms with E-state index in [1.54, 1.807) is 12.3 Å². The molecule has 3 aromatic rings. The lowest BCUT2D eigenvalue weighted by molar-refractivity contribution is 0.262. The number of pyridine rings is 1. The first-order valence-corrected chi connectivity index (χ1v) is 10.3. The lowest BCUT2D eigenvalue weighted by Crippen LogP contribution is -2.35. The first kappa shape index (κ1) is 17.0. The molecule has 2 aliphatic rings. The zero-order valence-electron chi connectivity index (χ0n) is 15.2. The number of hydrogen-bond donors (Lipinski definition) is 1. The minimum Gasteiger partial charge on any atom is -0.362 e. The van der Waals surface area contributed by atoms with E-state index in [0.29, 0.717) is 0 Å². The predicted molar refractivity (Wildman–Crippen MR) is 109 cm³/mol. The lowest BCUT2D eigenvalue weighted by Gasteiger charge is -2.39. The Bertz CT molecular complexity index is 1070. The number of aromatic nitrogens is 2. The van der Waals surface area contributed by atoms with Crippen LogP contribution in [-0.4, -0.2) is 21.4 Å². The zero-order chi connectivity index (χ0) is 18.5. The van der Waals surface area contributed by atoms with Crippen molar-refractivity contribution in [2.75, 3.05) is 6.54 Å². The van der Waals surface area contributed by atoms with Crippen LogP contribution in [-0.2, 0) is 6.42 Å². The number of nitrogens with one attached hydrogen (secondary N) is 1. The molecule has 0 spiro atoms. The second-order valence-electron chi connectivity index (χ2n) is 7.53. The molecular formula is C22H21BrFN3. The minimum absolute atomic E-state index is 0.0284. The summed E-state index contributed by atoms with van der Waals surface area (Å²) in [6, 6.07) is 10.0. The van der Waals surface area contributed by atoms with Crippen molar-refractivity contribution in [3.05, 3.63) is 75.0 Å². The molecule has 0 radical (unpaired) electrons. The Morgan fingerprint density at radius 1 is 1.22 bits per heavy atom. The molecule has 1 aliphatic heterocycles. The number of fused-ring (bicyclic) bond motifs is 3. The van der Waals surface area contributed by atoms with Gasteiger partial charge in [-0.3, -0.25) is 0 Å². The lowest BCUT2D eigenvalue weighted by atomic mass is 9.92. The van der Waals surface area contributed by atoms with E-state index in [4.69, 9.17) is 0 Å². The van der Waals surface area contributed by atoms with Gasteiger partial charge in [-0.1, -0.05) is 23.8 Å². The van der Waals surface area contributed by atoms with Gasteiger partial charge in [0.05, 0.1) is 6.04 Å². The Kier molecular flexibility index (Phi) is 4.08. The SMILES string of the molecule is CC1=C(N2CCc3c([nH]c4ccccc34)C2c2cnc(Br)c(F)c2)CCC1. The van der Waals surface area contributed by atoms with E-state index >= 15 is 0 Å². The van der Waals surface area contributed by atoms with Crippen LogP contribution >= 0.6 is 15.9 Å². The van der Waals surface area contributed by atoms with Gasteiger partial charge in [0.25, 0.3) is 0 Å². The second kappa shape index (κ2) is 6.48. The number of hydrogen-bond acceptors (Lipinski definition) is 2. The van der Waals surface area contributed by atoms with Gasteiger partial charge in [0.15, 0.2) is 5.82 Å². The molecule has 0 amide bonds. The fraction of sp³-hybridized carbons (Fsp3) is 0.318. The predicted octanol–water partition coefficient (Wildman–Crippen LogP) is 5.87. The number of H-pyrrole nitrogens is 1. The summed E-state index contributed by atoms with van der Waals surface area (Å²) in [6.45, 7) is 3.18. The Morgan fingerprint density at radius 2 is 2.07 bits per heavy atom. The smallest absolute Gasteiger partial charge is 0.156 e. The van der Waals surface area contributed by atoms with Crippen LogP contribution in [0, 0.1) is 5.82 Å². The first-order valence-electron chi connectivity index (χ1n) is 9.49. The molecule has 0 saturated heterocycles. The Labute approximate surface area is 166 Å². The van der Waals surface area contributed by atoms with Gasteiger partial charge in [-0.2, -0.15) is 0 Å². The molecule has 1 unspecified atom stereocenters. The number of halogens is 2. The molecule has 3 nitrogen and oxygen atoms in total. The highest BCUT2D eigenvalue weighted by Crippen LogP contribution is 2.43. The van der Waals surface area contributed by atoms with Crippen molar-refractivity contribution in [3.63, 3.8) is 0 Å². The summed E-state index contributed by atoms with van der Waals surface area (Å²) in [5.41, 5.74) is 7.47. The maximum absolute atomic E-state index is 14.3. The highest BCUT2D eigenvalue weighted by atomic mass is 79.9. The fourth-order valence-electron chi connectivity index (χ4n) is 4.73. The van der Waals surface area contributed by atoms with E-state index < -0.39 is 0 Å². The third-order valence-corrected chi connectivity index (χ3v) is 6.56. The molecule has 5 heteroatoms. The van der Waals surface area contributed by atoms with Gasteiger partial charge in [-0.05, 0) is 66.2 Å². The average Bonchev–Trinajstić information content (AvgIpc) is 3.26. The largest absolute Gasteiger partial charge is 0.362 e. The molecule has 0 fully saturated rings. The number of nitrogens with zero attached hydrogens (tertiary/aromatic N) is 2. The van der Waals surface area contributed by atoms with Crippen molar-refractivity contribution in [2.24, 2.45) is 0 Å². The molecule has 5 rings (SSSR count). The van der Waals surface area contributed by atoms with Crippen molar-refractivity contribution >= 4 is 26.8 Å². The molecule has 2 aromatic heterocycles. The maximum Gasteiger partial charge on any atom is 0.156 e. The van der Waals surface area contributed by atoms with Gasteiger partial charge in [0, 0.05) is 40.6 Å². The van der Waals surface area contributed by atoms with Crippen molar-refractivity contribution in [3.8, 4) is 0 Å². The van der Waals surface area contributed by atoms with Crippen LogP contribution in [0.15, 0.2) is 52.4 Å². The van der Waals surface area contributed by atoms with E-state index in [9.17, 15) is 4.39 Å². The molecule has 1 N–H and O–H groups in total. The summed E-state index contributed by atoms with van der Waals surface area (Å²) >= 11 is 3.19. The molecule has 1 aliphatic carbocycles. The summed E-state index contributed by atoms with van der Waals surface area (Å²) in [5.74, 6) is -0.312. The molecule has 138 valence electrons. The topological polar surface area (TPSA) is 31.9 Å². The molecule has 3 heterocycles. The molecular weight excluding hydrogens is 405 g/mol. The van der Waals surface area contributed by atoms with Gasteiger partial charge in [-0.25, -0.2) is 9.37 Å². The Balaban J connectivity index is 1.72. The van der Waals surface area contributed by atoms with E-state index in [1.807, 2.05) is 0 Å². The number of para-hydroxylation sites is 1. The third kappa shape index (κ3) is 2.71. The standard InChI is InChI=1S/C22H21BrFN3/c1-13-5-4-8-19(13)27-10-9-16-15-6-2-3-7-18(15)26-20(16)21(27)14-11-17(24)22(23)25-12-14/h2-3,6-7,11-12,21,26H,4-5,8-10H2,1H3. The van der Waals surface area contributed by atoms with Crippen molar-refractivity contribution < 1.29 is 4.39 Å². The van der Waals surface area contributed by atoms with Gasteiger partial charge in [0.1, 0.15) is 4.60 Å². The molecule has 27 heavy (non-hydrogen) atoms. The van der Waals surface area contributed by atoms with Gasteiger partial charge in [0.2, 0.25) is 0 Å². The third-order valence-electron chi connectivity index (χ3n) is 5.97. The van der Waals surface area contributed by atoms with Gasteiger partial charge >= 0.3 is 0 Å². The molecule has 1 aromatic carbocycles. The zero-order valence-corrected chi connectivity index (χ0v) is 16.8.